The molecule has 1 atom stereocenters. The largest absolute Gasteiger partial charge is 0.421 e. The summed E-state index contributed by atoms with van der Waals surface area (Å²) in [6.07, 6.45) is 1.76. The summed E-state index contributed by atoms with van der Waals surface area (Å²) >= 11 is 7.64. The minimum Gasteiger partial charge on any atom is -0.421 e. The second-order valence-corrected chi connectivity index (χ2v) is 11.2. The summed E-state index contributed by atoms with van der Waals surface area (Å²) in [7, 11) is 0. The third kappa shape index (κ3) is 4.65. The molecule has 5 rings (SSSR count). The van der Waals surface area contributed by atoms with Gasteiger partial charge in [0.25, 0.3) is 5.91 Å². The zero-order valence-corrected chi connectivity index (χ0v) is 21.1. The second kappa shape index (κ2) is 8.67. The first kappa shape index (κ1) is 22.8. The van der Waals surface area contributed by atoms with Gasteiger partial charge in [-0.3, -0.25) is 4.79 Å². The van der Waals surface area contributed by atoms with Gasteiger partial charge in [-0.2, -0.15) is 4.98 Å². The molecule has 176 valence electrons. The van der Waals surface area contributed by atoms with E-state index < -0.39 is 0 Å². The van der Waals surface area contributed by atoms with Crippen LogP contribution in [0.15, 0.2) is 30.3 Å². The Bertz CT molecular complexity index is 1410. The van der Waals surface area contributed by atoms with Gasteiger partial charge in [-0.15, -0.1) is 11.3 Å². The van der Waals surface area contributed by atoms with Crippen molar-refractivity contribution in [3.63, 3.8) is 0 Å². The fourth-order valence-corrected chi connectivity index (χ4v) is 5.29. The number of thiophene rings is 1. The second-order valence-electron chi connectivity index (χ2n) is 9.85. The molecule has 0 unspecified atom stereocenters. The molecule has 4 heterocycles. The van der Waals surface area contributed by atoms with Crippen LogP contribution in [0.5, 0.6) is 11.8 Å². The number of benzene rings is 1. The summed E-state index contributed by atoms with van der Waals surface area (Å²) in [6.45, 7) is 9.23. The Kier molecular flexibility index (Phi) is 5.81. The highest BCUT2D eigenvalue weighted by Crippen LogP contribution is 2.41. The lowest BCUT2D eigenvalue weighted by Crippen LogP contribution is -2.34. The number of nitrogens with zero attached hydrogens (tertiary/aromatic N) is 3. The van der Waals surface area contributed by atoms with Crippen molar-refractivity contribution in [3.05, 3.63) is 46.2 Å². The number of carbonyl (C=O) groups excluding carboxylic acids is 1. The third-order valence-electron chi connectivity index (χ3n) is 5.73. The Morgan fingerprint density at radius 3 is 2.76 bits per heavy atom. The average molecular weight is 496 g/mol. The van der Waals surface area contributed by atoms with Crippen molar-refractivity contribution < 1.29 is 9.53 Å². The van der Waals surface area contributed by atoms with E-state index in [2.05, 4.69) is 41.4 Å². The van der Waals surface area contributed by atoms with Gasteiger partial charge in [0, 0.05) is 45.9 Å². The summed E-state index contributed by atoms with van der Waals surface area (Å²) in [5.74, 6) is 0.746. The van der Waals surface area contributed by atoms with E-state index in [1.165, 1.54) is 11.3 Å². The van der Waals surface area contributed by atoms with Crippen LogP contribution in [-0.2, 0) is 6.42 Å². The maximum Gasteiger partial charge on any atom is 0.263 e. The van der Waals surface area contributed by atoms with E-state index in [0.29, 0.717) is 23.2 Å². The van der Waals surface area contributed by atoms with Crippen LogP contribution in [-0.4, -0.2) is 33.4 Å². The molecule has 7 nitrogen and oxygen atoms in total. The number of amides is 1. The number of ether oxygens (including phenoxy) is 1. The Hall–Kier alpha value is -2.97. The Labute approximate surface area is 206 Å². The van der Waals surface area contributed by atoms with Crippen LogP contribution in [0.2, 0.25) is 5.28 Å². The number of anilines is 1. The van der Waals surface area contributed by atoms with E-state index in [1.54, 1.807) is 0 Å². The molecule has 2 N–H and O–H groups in total. The van der Waals surface area contributed by atoms with Crippen LogP contribution in [0.1, 0.15) is 49.5 Å². The van der Waals surface area contributed by atoms with Crippen molar-refractivity contribution in [3.8, 4) is 11.8 Å². The van der Waals surface area contributed by atoms with Crippen molar-refractivity contribution in [2.75, 3.05) is 11.9 Å². The van der Waals surface area contributed by atoms with E-state index >= 15 is 0 Å². The van der Waals surface area contributed by atoms with E-state index in [0.717, 1.165) is 45.2 Å². The Morgan fingerprint density at radius 2 is 1.97 bits per heavy atom. The van der Waals surface area contributed by atoms with Crippen molar-refractivity contribution in [1.29, 1.82) is 0 Å². The highest BCUT2D eigenvalue weighted by molar-refractivity contribution is 7.21. The number of rotatable bonds is 4. The highest BCUT2D eigenvalue weighted by atomic mass is 35.5. The molecule has 0 saturated carbocycles. The lowest BCUT2D eigenvalue weighted by atomic mass is 9.90. The van der Waals surface area contributed by atoms with Crippen molar-refractivity contribution >= 4 is 55.5 Å². The predicted octanol–water partition coefficient (Wildman–Crippen LogP) is 6.21. The third-order valence-corrected chi connectivity index (χ3v) is 7.06. The first-order valence-corrected chi connectivity index (χ1v) is 12.5. The number of hydrogen-bond acceptors (Lipinski definition) is 7. The number of hydrogen-bond donors (Lipinski definition) is 2. The topological polar surface area (TPSA) is 89.0 Å². The van der Waals surface area contributed by atoms with E-state index in [9.17, 15) is 4.79 Å². The maximum atomic E-state index is 12.6. The summed E-state index contributed by atoms with van der Waals surface area (Å²) in [5.41, 5.74) is 2.68. The molecule has 3 aromatic heterocycles. The molecule has 0 saturated heterocycles. The van der Waals surface area contributed by atoms with E-state index in [4.69, 9.17) is 21.3 Å². The molecule has 0 spiro atoms. The van der Waals surface area contributed by atoms with Crippen molar-refractivity contribution in [2.45, 2.75) is 46.6 Å². The normalized spacial score (nSPS) is 16.1. The molecule has 0 bridgehead atoms. The Balaban J connectivity index is 1.48. The molecule has 9 heteroatoms. The molecule has 1 aromatic carbocycles. The smallest absolute Gasteiger partial charge is 0.263 e. The molecule has 0 aliphatic carbocycles. The molecule has 1 aliphatic heterocycles. The highest BCUT2D eigenvalue weighted by Gasteiger charge is 2.25. The van der Waals surface area contributed by atoms with Gasteiger partial charge >= 0.3 is 0 Å². The summed E-state index contributed by atoms with van der Waals surface area (Å²) in [6, 6.07) is 9.61. The number of halogens is 1. The van der Waals surface area contributed by atoms with Gasteiger partial charge in [-0.1, -0.05) is 20.8 Å². The average Bonchev–Trinajstić information content (AvgIpc) is 3.08. The number of aryl methyl sites for hydroxylation is 1. The van der Waals surface area contributed by atoms with Crippen LogP contribution in [0.4, 0.5) is 5.69 Å². The molecule has 0 fully saturated rings. The van der Waals surface area contributed by atoms with Crippen molar-refractivity contribution in [2.24, 2.45) is 5.41 Å². The number of nitrogens with one attached hydrogen (secondary N) is 2. The van der Waals surface area contributed by atoms with Crippen molar-refractivity contribution in [1.82, 2.24) is 20.3 Å². The van der Waals surface area contributed by atoms with Gasteiger partial charge in [-0.25, -0.2) is 9.97 Å². The SMILES string of the molecule is C[C@H]1CNc2c(sc3ccc4nc(Oc5cc(CCC(C)(C)C)nc(Cl)n5)ccc4c23)C(=O)N1. The number of aromatic nitrogens is 3. The van der Waals surface area contributed by atoms with Crippen LogP contribution >= 0.6 is 22.9 Å². The van der Waals surface area contributed by atoms with Gasteiger partial charge < -0.3 is 15.4 Å². The number of carbonyl (C=O) groups is 1. The van der Waals surface area contributed by atoms with Gasteiger partial charge in [0.05, 0.1) is 11.2 Å². The minimum atomic E-state index is -0.0438. The number of fused-ring (bicyclic) bond motifs is 5. The monoisotopic (exact) mass is 495 g/mol. The molecular formula is C25H26ClN5O2S. The molecule has 34 heavy (non-hydrogen) atoms. The minimum absolute atomic E-state index is 0.0438. The molecule has 0 radical (unpaired) electrons. The van der Waals surface area contributed by atoms with Gasteiger partial charge in [0.2, 0.25) is 17.0 Å². The van der Waals surface area contributed by atoms with Crippen LogP contribution in [0.3, 0.4) is 0 Å². The van der Waals surface area contributed by atoms with Crippen LogP contribution in [0, 0.1) is 5.41 Å². The fraction of sp³-hybridized carbons (Fsp3) is 0.360. The summed E-state index contributed by atoms with van der Waals surface area (Å²) in [4.78, 5) is 26.6. The zero-order valence-electron chi connectivity index (χ0n) is 19.5. The fourth-order valence-electron chi connectivity index (χ4n) is 4.00. The predicted molar refractivity (Wildman–Crippen MR) is 137 cm³/mol. The van der Waals surface area contributed by atoms with E-state index in [1.807, 2.05) is 37.3 Å². The van der Waals surface area contributed by atoms with Crippen LogP contribution in [0.25, 0.3) is 21.0 Å². The first-order valence-electron chi connectivity index (χ1n) is 11.3. The lowest BCUT2D eigenvalue weighted by Gasteiger charge is -2.17. The maximum absolute atomic E-state index is 12.6. The summed E-state index contributed by atoms with van der Waals surface area (Å²) in [5, 5.41) is 8.59. The molecular weight excluding hydrogens is 470 g/mol. The molecule has 4 aromatic rings. The number of pyridine rings is 1. The zero-order chi connectivity index (χ0) is 24.0. The summed E-state index contributed by atoms with van der Waals surface area (Å²) < 4.78 is 7.01. The lowest BCUT2D eigenvalue weighted by molar-refractivity contribution is 0.0949. The first-order chi connectivity index (χ1) is 16.2. The standard InChI is InChI=1S/C25H26ClN5O2S/c1-13-12-27-21-20-15-5-8-18(30-16(15)6-7-17(20)34-22(21)23(32)28-13)33-19-11-14(29-24(26)31-19)9-10-25(2,3)4/h5-8,11,13,27H,9-10,12H2,1-4H3,(H,28,32)/t13-/m0/s1. The van der Waals surface area contributed by atoms with E-state index in [-0.39, 0.29) is 22.6 Å². The van der Waals surface area contributed by atoms with Gasteiger partial charge in [-0.05, 0) is 55.0 Å². The quantitative estimate of drug-likeness (QED) is 0.327. The van der Waals surface area contributed by atoms with Crippen LogP contribution < -0.4 is 15.4 Å². The van der Waals surface area contributed by atoms with Gasteiger partial charge in [0.15, 0.2) is 0 Å². The van der Waals surface area contributed by atoms with Gasteiger partial charge in [0.1, 0.15) is 4.88 Å². The molecule has 1 aliphatic rings. The molecule has 1 amide bonds. The Morgan fingerprint density at radius 1 is 1.15 bits per heavy atom.